The number of hydrogen-bond donors (Lipinski definition) is 0. The fraction of sp³-hybridized carbons (Fsp3) is 0.444. The van der Waals surface area contributed by atoms with Crippen molar-refractivity contribution in [3.8, 4) is 17.8 Å². The van der Waals surface area contributed by atoms with Gasteiger partial charge in [-0.3, -0.25) is 0 Å². The summed E-state index contributed by atoms with van der Waals surface area (Å²) in [5.74, 6) is -1.62. The first-order valence-corrected chi connectivity index (χ1v) is 4.76. The minimum absolute atomic E-state index is 0.623. The van der Waals surface area contributed by atoms with E-state index in [2.05, 4.69) is 19.4 Å². The average molecular weight is 301 g/mol. The molecule has 1 rings (SSSR count). The van der Waals surface area contributed by atoms with Crippen molar-refractivity contribution in [2.24, 2.45) is 0 Å². The number of aromatic nitrogens is 2. The Kier molecular flexibility index (Phi) is 4.59. The standard InChI is InChI=1S/C9H5F6N3O2/c10-8(11,12)2-19-6-5(1-16)7(18-4-17-6)20-3-9(13,14)15/h4H,2-3H2. The molecule has 1 heterocycles. The lowest BCUT2D eigenvalue weighted by Crippen LogP contribution is -2.22. The van der Waals surface area contributed by atoms with Gasteiger partial charge < -0.3 is 9.47 Å². The molecule has 0 atom stereocenters. The quantitative estimate of drug-likeness (QED) is 0.798. The Morgan fingerprint density at radius 1 is 0.950 bits per heavy atom. The van der Waals surface area contributed by atoms with Gasteiger partial charge in [-0.1, -0.05) is 0 Å². The number of halogens is 6. The third-order valence-corrected chi connectivity index (χ3v) is 1.63. The number of nitriles is 1. The zero-order valence-electron chi connectivity index (χ0n) is 9.42. The molecule has 0 aliphatic heterocycles. The predicted octanol–water partition coefficient (Wildman–Crippen LogP) is 2.23. The largest absolute Gasteiger partial charge is 0.467 e. The third-order valence-electron chi connectivity index (χ3n) is 1.63. The summed E-state index contributed by atoms with van der Waals surface area (Å²) in [6, 6.07) is 1.33. The van der Waals surface area contributed by atoms with Crippen LogP contribution in [0, 0.1) is 11.3 Å². The summed E-state index contributed by atoms with van der Waals surface area (Å²) < 4.78 is 80.1. The van der Waals surface area contributed by atoms with Crippen LogP contribution in [-0.4, -0.2) is 35.5 Å². The summed E-state index contributed by atoms with van der Waals surface area (Å²) in [6.45, 7) is -3.51. The number of nitrogens with zero attached hydrogens (tertiary/aromatic N) is 3. The molecule has 20 heavy (non-hydrogen) atoms. The van der Waals surface area contributed by atoms with Crippen molar-refractivity contribution < 1.29 is 35.8 Å². The van der Waals surface area contributed by atoms with Crippen molar-refractivity contribution in [2.75, 3.05) is 13.2 Å². The number of ether oxygens (including phenoxy) is 2. The van der Waals surface area contributed by atoms with Crippen LogP contribution in [0.15, 0.2) is 6.33 Å². The summed E-state index contributed by atoms with van der Waals surface area (Å²) in [7, 11) is 0. The Bertz CT molecular complexity index is 472. The molecule has 1 aromatic heterocycles. The maximum Gasteiger partial charge on any atom is 0.422 e. The van der Waals surface area contributed by atoms with Gasteiger partial charge in [0.1, 0.15) is 12.4 Å². The molecule has 0 saturated carbocycles. The molecule has 0 aromatic carbocycles. The van der Waals surface area contributed by atoms with E-state index < -0.39 is 42.9 Å². The number of hydrogen-bond acceptors (Lipinski definition) is 5. The molecule has 5 nitrogen and oxygen atoms in total. The third kappa shape index (κ3) is 5.17. The van der Waals surface area contributed by atoms with Crippen LogP contribution >= 0.6 is 0 Å². The minimum Gasteiger partial charge on any atom is -0.467 e. The fourth-order valence-electron chi connectivity index (χ4n) is 0.969. The van der Waals surface area contributed by atoms with E-state index in [1.807, 2.05) is 0 Å². The Balaban J connectivity index is 2.90. The van der Waals surface area contributed by atoms with Gasteiger partial charge in [0, 0.05) is 0 Å². The zero-order chi connectivity index (χ0) is 15.4. The molecule has 0 unspecified atom stereocenters. The van der Waals surface area contributed by atoms with Gasteiger partial charge in [0.25, 0.3) is 0 Å². The fourth-order valence-corrected chi connectivity index (χ4v) is 0.969. The molecular formula is C9H5F6N3O2. The van der Waals surface area contributed by atoms with Gasteiger partial charge in [0.15, 0.2) is 18.8 Å². The molecule has 0 aliphatic carbocycles. The van der Waals surface area contributed by atoms with E-state index in [0.29, 0.717) is 6.33 Å². The molecule has 0 bridgehead atoms. The molecule has 1 aromatic rings. The van der Waals surface area contributed by atoms with Gasteiger partial charge in [-0.25, -0.2) is 9.97 Å². The van der Waals surface area contributed by atoms with Crippen molar-refractivity contribution >= 4 is 0 Å². The normalized spacial score (nSPS) is 11.8. The van der Waals surface area contributed by atoms with E-state index in [-0.39, 0.29) is 0 Å². The monoisotopic (exact) mass is 301 g/mol. The van der Waals surface area contributed by atoms with Crippen LogP contribution in [0.5, 0.6) is 11.8 Å². The van der Waals surface area contributed by atoms with E-state index in [0.717, 1.165) is 0 Å². The van der Waals surface area contributed by atoms with Crippen LogP contribution in [-0.2, 0) is 0 Å². The second-order valence-electron chi connectivity index (χ2n) is 3.28. The van der Waals surface area contributed by atoms with Crippen LogP contribution in [0.3, 0.4) is 0 Å². The highest BCUT2D eigenvalue weighted by Gasteiger charge is 2.31. The molecule has 110 valence electrons. The number of rotatable bonds is 4. The van der Waals surface area contributed by atoms with Crippen LogP contribution in [0.2, 0.25) is 0 Å². The van der Waals surface area contributed by atoms with Crippen LogP contribution in [0.25, 0.3) is 0 Å². The van der Waals surface area contributed by atoms with E-state index >= 15 is 0 Å². The average Bonchev–Trinajstić information content (AvgIpc) is 2.31. The van der Waals surface area contributed by atoms with E-state index in [1.165, 1.54) is 6.07 Å². The first kappa shape index (κ1) is 15.8. The van der Waals surface area contributed by atoms with Crippen LogP contribution < -0.4 is 9.47 Å². The predicted molar refractivity (Wildman–Crippen MR) is 49.8 cm³/mol. The van der Waals surface area contributed by atoms with Gasteiger partial charge in [-0.15, -0.1) is 0 Å². The lowest BCUT2D eigenvalue weighted by atomic mass is 10.3. The number of alkyl halides is 6. The van der Waals surface area contributed by atoms with E-state index in [4.69, 9.17) is 5.26 Å². The molecule has 0 saturated heterocycles. The Morgan fingerprint density at radius 2 is 1.35 bits per heavy atom. The molecular weight excluding hydrogens is 296 g/mol. The molecule has 0 N–H and O–H groups in total. The summed E-state index contributed by atoms with van der Waals surface area (Å²) >= 11 is 0. The SMILES string of the molecule is N#Cc1c(OCC(F)(F)F)ncnc1OCC(F)(F)F. The topological polar surface area (TPSA) is 68.0 Å². The molecule has 11 heteroatoms. The summed E-state index contributed by atoms with van der Waals surface area (Å²) in [5, 5.41) is 8.71. The van der Waals surface area contributed by atoms with Gasteiger partial charge >= 0.3 is 12.4 Å². The first-order chi connectivity index (χ1) is 9.12. The molecule has 0 aliphatic rings. The maximum atomic E-state index is 12.0. The Labute approximate surface area is 107 Å². The van der Waals surface area contributed by atoms with Crippen molar-refractivity contribution in [1.82, 2.24) is 9.97 Å². The highest BCUT2D eigenvalue weighted by atomic mass is 19.4. The van der Waals surface area contributed by atoms with Crippen molar-refractivity contribution in [2.45, 2.75) is 12.4 Å². The highest BCUT2D eigenvalue weighted by molar-refractivity contribution is 5.45. The molecule has 0 radical (unpaired) electrons. The maximum absolute atomic E-state index is 12.0. The van der Waals surface area contributed by atoms with Gasteiger partial charge in [0.2, 0.25) is 11.8 Å². The van der Waals surface area contributed by atoms with E-state index in [1.54, 1.807) is 0 Å². The summed E-state index contributed by atoms with van der Waals surface area (Å²) in [5.41, 5.74) is -0.749. The lowest BCUT2D eigenvalue weighted by Gasteiger charge is -2.12. The smallest absolute Gasteiger partial charge is 0.422 e. The highest BCUT2D eigenvalue weighted by Crippen LogP contribution is 2.26. The summed E-state index contributed by atoms with van der Waals surface area (Å²) in [4.78, 5) is 6.48. The van der Waals surface area contributed by atoms with Crippen LogP contribution in [0.1, 0.15) is 5.56 Å². The van der Waals surface area contributed by atoms with Crippen molar-refractivity contribution in [1.29, 1.82) is 5.26 Å². The molecule has 0 amide bonds. The first-order valence-electron chi connectivity index (χ1n) is 4.76. The zero-order valence-corrected chi connectivity index (χ0v) is 9.42. The van der Waals surface area contributed by atoms with Gasteiger partial charge in [-0.05, 0) is 0 Å². The van der Waals surface area contributed by atoms with Crippen molar-refractivity contribution in [3.05, 3.63) is 11.9 Å². The van der Waals surface area contributed by atoms with Gasteiger partial charge in [0.05, 0.1) is 0 Å². The molecule has 0 fully saturated rings. The van der Waals surface area contributed by atoms with Crippen molar-refractivity contribution in [3.63, 3.8) is 0 Å². The second kappa shape index (κ2) is 5.81. The summed E-state index contributed by atoms with van der Waals surface area (Å²) in [6.07, 6.45) is -8.76. The minimum atomic E-state index is -4.69. The van der Waals surface area contributed by atoms with Crippen LogP contribution in [0.4, 0.5) is 26.3 Å². The second-order valence-corrected chi connectivity index (χ2v) is 3.28. The van der Waals surface area contributed by atoms with Gasteiger partial charge in [-0.2, -0.15) is 31.6 Å². The Morgan fingerprint density at radius 3 is 1.65 bits per heavy atom. The molecule has 0 spiro atoms. The lowest BCUT2D eigenvalue weighted by molar-refractivity contribution is -0.154. The van der Waals surface area contributed by atoms with E-state index in [9.17, 15) is 26.3 Å². The Hall–Kier alpha value is -2.25.